The van der Waals surface area contributed by atoms with Crippen molar-refractivity contribution in [2.45, 2.75) is 19.1 Å². The fourth-order valence-corrected chi connectivity index (χ4v) is 2.89. The predicted molar refractivity (Wildman–Crippen MR) is 95.1 cm³/mol. The molecule has 26 heavy (non-hydrogen) atoms. The van der Waals surface area contributed by atoms with E-state index < -0.39 is 12.0 Å². The molecule has 0 saturated carbocycles. The summed E-state index contributed by atoms with van der Waals surface area (Å²) in [6.07, 6.45) is -0.121. The maximum Gasteiger partial charge on any atom is 0.305 e. The van der Waals surface area contributed by atoms with E-state index in [4.69, 9.17) is 14.6 Å². The first-order valence-electron chi connectivity index (χ1n) is 8.51. The lowest BCUT2D eigenvalue weighted by molar-refractivity contribution is -0.139. The number of hydrogen-bond acceptors (Lipinski definition) is 4. The number of carboxylic acids is 1. The quantitative estimate of drug-likeness (QED) is 0.862. The summed E-state index contributed by atoms with van der Waals surface area (Å²) in [6, 6.07) is 16.3. The third-order valence-electron chi connectivity index (χ3n) is 4.25. The Balaban J connectivity index is 1.63. The van der Waals surface area contributed by atoms with Crippen molar-refractivity contribution in [3.8, 4) is 5.75 Å². The molecule has 3 rings (SSSR count). The van der Waals surface area contributed by atoms with Crippen LogP contribution < -0.4 is 4.74 Å². The Bertz CT molecular complexity index is 745. The summed E-state index contributed by atoms with van der Waals surface area (Å²) in [6.45, 7) is 1.51. The minimum Gasteiger partial charge on any atom is -0.489 e. The number of amides is 1. The second kappa shape index (κ2) is 8.49. The van der Waals surface area contributed by atoms with Crippen molar-refractivity contribution in [2.75, 3.05) is 19.8 Å². The van der Waals surface area contributed by atoms with Crippen LogP contribution in [0.15, 0.2) is 54.6 Å². The third kappa shape index (κ3) is 4.61. The van der Waals surface area contributed by atoms with Crippen LogP contribution in [0.25, 0.3) is 0 Å². The van der Waals surface area contributed by atoms with E-state index in [1.807, 2.05) is 30.3 Å². The highest BCUT2D eigenvalue weighted by molar-refractivity contribution is 5.94. The summed E-state index contributed by atoms with van der Waals surface area (Å²) in [5.41, 5.74) is 1.58. The van der Waals surface area contributed by atoms with Crippen LogP contribution in [-0.4, -0.2) is 47.7 Å². The molecule has 1 saturated heterocycles. The standard InChI is InChI=1S/C20H21NO5/c22-19(23)12-17-14-25-11-10-21(17)20(24)16-6-8-18(9-7-16)26-13-15-4-2-1-3-5-15/h1-9,17H,10-14H2,(H,22,23)/t17-/m0/s1. The summed E-state index contributed by atoms with van der Waals surface area (Å²) in [5.74, 6) is -0.452. The number of morpholine rings is 1. The molecule has 0 radical (unpaired) electrons. The number of carboxylic acid groups (broad SMARTS) is 1. The second-order valence-corrected chi connectivity index (χ2v) is 6.12. The van der Waals surface area contributed by atoms with Crippen LogP contribution in [0.1, 0.15) is 22.3 Å². The summed E-state index contributed by atoms with van der Waals surface area (Å²) in [4.78, 5) is 25.3. The molecule has 2 aromatic rings. The first-order valence-corrected chi connectivity index (χ1v) is 8.51. The van der Waals surface area contributed by atoms with E-state index in [2.05, 4.69) is 0 Å². The maximum atomic E-state index is 12.7. The number of benzene rings is 2. The van der Waals surface area contributed by atoms with Crippen molar-refractivity contribution in [2.24, 2.45) is 0 Å². The van der Waals surface area contributed by atoms with Gasteiger partial charge >= 0.3 is 5.97 Å². The van der Waals surface area contributed by atoms with E-state index in [9.17, 15) is 9.59 Å². The van der Waals surface area contributed by atoms with Gasteiger partial charge in [0.1, 0.15) is 12.4 Å². The number of hydrogen-bond donors (Lipinski definition) is 1. The molecule has 0 aromatic heterocycles. The third-order valence-corrected chi connectivity index (χ3v) is 4.25. The number of carbonyl (C=O) groups excluding carboxylic acids is 1. The largest absolute Gasteiger partial charge is 0.489 e. The van der Waals surface area contributed by atoms with Gasteiger partial charge in [0.25, 0.3) is 5.91 Å². The number of aliphatic carboxylic acids is 1. The minimum atomic E-state index is -0.942. The van der Waals surface area contributed by atoms with Gasteiger partial charge in [0.05, 0.1) is 25.7 Å². The van der Waals surface area contributed by atoms with Crippen LogP contribution >= 0.6 is 0 Å². The molecule has 136 valence electrons. The highest BCUT2D eigenvalue weighted by atomic mass is 16.5. The molecule has 1 aliphatic rings. The number of carbonyl (C=O) groups is 2. The lowest BCUT2D eigenvalue weighted by atomic mass is 10.1. The van der Waals surface area contributed by atoms with Gasteiger partial charge in [-0.25, -0.2) is 0 Å². The smallest absolute Gasteiger partial charge is 0.305 e. The zero-order valence-electron chi connectivity index (χ0n) is 14.3. The van der Waals surface area contributed by atoms with Crippen LogP contribution in [0.2, 0.25) is 0 Å². The molecule has 0 unspecified atom stereocenters. The lowest BCUT2D eigenvalue weighted by Crippen LogP contribution is -2.49. The van der Waals surface area contributed by atoms with E-state index in [1.165, 1.54) is 0 Å². The maximum absolute atomic E-state index is 12.7. The first kappa shape index (κ1) is 17.9. The van der Waals surface area contributed by atoms with Gasteiger partial charge in [-0.15, -0.1) is 0 Å². The van der Waals surface area contributed by atoms with E-state index in [1.54, 1.807) is 29.2 Å². The van der Waals surface area contributed by atoms with Crippen molar-refractivity contribution < 1.29 is 24.2 Å². The molecule has 2 aromatic carbocycles. The average Bonchev–Trinajstić information content (AvgIpc) is 2.67. The highest BCUT2D eigenvalue weighted by Crippen LogP contribution is 2.19. The van der Waals surface area contributed by atoms with Crippen LogP contribution in [-0.2, 0) is 16.1 Å². The Kier molecular flexibility index (Phi) is 5.86. The van der Waals surface area contributed by atoms with Gasteiger partial charge in [-0.05, 0) is 29.8 Å². The fourth-order valence-electron chi connectivity index (χ4n) is 2.89. The first-order chi connectivity index (χ1) is 12.6. The van der Waals surface area contributed by atoms with Crippen molar-refractivity contribution in [1.82, 2.24) is 4.90 Å². The van der Waals surface area contributed by atoms with Crippen molar-refractivity contribution in [1.29, 1.82) is 0 Å². The lowest BCUT2D eigenvalue weighted by Gasteiger charge is -2.34. The van der Waals surface area contributed by atoms with Crippen LogP contribution in [0.5, 0.6) is 5.75 Å². The van der Waals surface area contributed by atoms with E-state index in [0.29, 0.717) is 31.1 Å². The van der Waals surface area contributed by atoms with Gasteiger partial charge < -0.3 is 19.5 Å². The normalized spacial score (nSPS) is 16.9. The van der Waals surface area contributed by atoms with Gasteiger partial charge in [0, 0.05) is 12.1 Å². The summed E-state index contributed by atoms with van der Waals surface area (Å²) in [7, 11) is 0. The topological polar surface area (TPSA) is 76.1 Å². The molecule has 1 N–H and O–H groups in total. The molecule has 1 atom stereocenters. The summed E-state index contributed by atoms with van der Waals surface area (Å²) >= 11 is 0. The Morgan fingerprint density at radius 3 is 2.54 bits per heavy atom. The van der Waals surface area contributed by atoms with Gasteiger partial charge in [-0.2, -0.15) is 0 Å². The summed E-state index contributed by atoms with van der Waals surface area (Å²) in [5, 5.41) is 9.02. The number of nitrogens with zero attached hydrogens (tertiary/aromatic N) is 1. The zero-order chi connectivity index (χ0) is 18.4. The van der Waals surface area contributed by atoms with Gasteiger partial charge in [-0.3, -0.25) is 9.59 Å². The molecule has 1 heterocycles. The second-order valence-electron chi connectivity index (χ2n) is 6.12. The number of rotatable bonds is 6. The van der Waals surface area contributed by atoms with Crippen molar-refractivity contribution >= 4 is 11.9 Å². The Labute approximate surface area is 152 Å². The summed E-state index contributed by atoms with van der Waals surface area (Å²) < 4.78 is 11.0. The Hall–Kier alpha value is -2.86. The van der Waals surface area contributed by atoms with Crippen molar-refractivity contribution in [3.05, 3.63) is 65.7 Å². The van der Waals surface area contributed by atoms with E-state index >= 15 is 0 Å². The highest BCUT2D eigenvalue weighted by Gasteiger charge is 2.29. The monoisotopic (exact) mass is 355 g/mol. The average molecular weight is 355 g/mol. The van der Waals surface area contributed by atoms with E-state index in [-0.39, 0.29) is 18.9 Å². The van der Waals surface area contributed by atoms with Crippen molar-refractivity contribution in [3.63, 3.8) is 0 Å². The van der Waals surface area contributed by atoms with E-state index in [0.717, 1.165) is 5.56 Å². The molecule has 6 heteroatoms. The molecule has 1 aliphatic heterocycles. The van der Waals surface area contributed by atoms with Gasteiger partial charge in [0.2, 0.25) is 0 Å². The van der Waals surface area contributed by atoms with Gasteiger partial charge in [-0.1, -0.05) is 30.3 Å². The molecule has 6 nitrogen and oxygen atoms in total. The predicted octanol–water partition coefficient (Wildman–Crippen LogP) is 2.58. The molecule has 1 fully saturated rings. The van der Waals surface area contributed by atoms with Gasteiger partial charge in [0.15, 0.2) is 0 Å². The fraction of sp³-hybridized carbons (Fsp3) is 0.300. The van der Waals surface area contributed by atoms with Crippen LogP contribution in [0.4, 0.5) is 0 Å². The molecular formula is C20H21NO5. The molecule has 0 aliphatic carbocycles. The number of ether oxygens (including phenoxy) is 2. The molecule has 0 spiro atoms. The minimum absolute atomic E-state index is 0.121. The Morgan fingerprint density at radius 1 is 1.12 bits per heavy atom. The SMILES string of the molecule is O=C(O)C[C@H]1COCCN1C(=O)c1ccc(OCc2ccccc2)cc1. The molecule has 1 amide bonds. The molecular weight excluding hydrogens is 334 g/mol. The zero-order valence-corrected chi connectivity index (χ0v) is 14.3. The molecule has 0 bridgehead atoms. The van der Waals surface area contributed by atoms with Crippen LogP contribution in [0, 0.1) is 0 Å². The Morgan fingerprint density at radius 2 is 1.85 bits per heavy atom. The van der Waals surface area contributed by atoms with Crippen LogP contribution in [0.3, 0.4) is 0 Å².